The molecule has 0 radical (unpaired) electrons. The lowest BCUT2D eigenvalue weighted by molar-refractivity contribution is 0.247. The molecule has 0 aliphatic carbocycles. The lowest BCUT2D eigenvalue weighted by Gasteiger charge is -2.13. The highest BCUT2D eigenvalue weighted by Crippen LogP contribution is 2.15. The van der Waals surface area contributed by atoms with Crippen molar-refractivity contribution < 1.29 is 13.9 Å². The Balaban J connectivity index is 1.90. The zero-order valence-electron chi connectivity index (χ0n) is 13.6. The molecular weight excluding hydrogens is 296 g/mol. The van der Waals surface area contributed by atoms with E-state index in [9.17, 15) is 4.79 Å². The van der Waals surface area contributed by atoms with Crippen molar-refractivity contribution in [1.29, 1.82) is 0 Å². The molecule has 7 heteroatoms. The van der Waals surface area contributed by atoms with Crippen LogP contribution in [-0.2, 0) is 6.42 Å². The Morgan fingerprint density at radius 1 is 1.22 bits per heavy atom. The first-order valence-electron chi connectivity index (χ1n) is 7.67. The largest absolute Gasteiger partial charge is 0.497 e. The van der Waals surface area contributed by atoms with Crippen LogP contribution in [0.4, 0.5) is 10.8 Å². The van der Waals surface area contributed by atoms with Crippen LogP contribution in [0.25, 0.3) is 0 Å². The minimum Gasteiger partial charge on any atom is -0.497 e. The summed E-state index contributed by atoms with van der Waals surface area (Å²) in [5.74, 6) is 1.23. The highest BCUT2D eigenvalue weighted by Gasteiger charge is 2.12. The van der Waals surface area contributed by atoms with Crippen molar-refractivity contribution in [3.63, 3.8) is 0 Å². The molecule has 1 heterocycles. The van der Waals surface area contributed by atoms with Crippen molar-refractivity contribution in [2.45, 2.75) is 39.2 Å². The Morgan fingerprint density at radius 3 is 2.52 bits per heavy atom. The van der Waals surface area contributed by atoms with Gasteiger partial charge in [0.25, 0.3) is 0 Å². The van der Waals surface area contributed by atoms with Crippen molar-refractivity contribution in [1.82, 2.24) is 15.5 Å². The molecule has 2 N–H and O–H groups in total. The molecule has 0 bridgehead atoms. The number of methoxy groups -OCH3 is 1. The van der Waals surface area contributed by atoms with Gasteiger partial charge in [0, 0.05) is 6.04 Å². The third-order valence-electron chi connectivity index (χ3n) is 3.52. The Bertz CT molecular complexity index is 621. The first-order chi connectivity index (χ1) is 11.1. The van der Waals surface area contributed by atoms with E-state index < -0.39 is 0 Å². The molecule has 0 aliphatic rings. The van der Waals surface area contributed by atoms with Crippen LogP contribution in [0, 0.1) is 0 Å². The van der Waals surface area contributed by atoms with Crippen LogP contribution in [0.15, 0.2) is 28.7 Å². The summed E-state index contributed by atoms with van der Waals surface area (Å²) in [6.07, 6.45) is 2.24. The summed E-state index contributed by atoms with van der Waals surface area (Å²) >= 11 is 0. The van der Waals surface area contributed by atoms with Gasteiger partial charge in [0.05, 0.1) is 13.5 Å². The van der Waals surface area contributed by atoms with Crippen molar-refractivity contribution in [2.24, 2.45) is 0 Å². The molecular formula is C16H22N4O3. The highest BCUT2D eigenvalue weighted by atomic mass is 16.5. The number of carbonyl (C=O) groups is 1. The zero-order chi connectivity index (χ0) is 16.7. The molecule has 7 nitrogen and oxygen atoms in total. The summed E-state index contributed by atoms with van der Waals surface area (Å²) in [7, 11) is 1.62. The Hall–Kier alpha value is -2.57. The number of urea groups is 1. The van der Waals surface area contributed by atoms with Gasteiger partial charge in [0.1, 0.15) is 5.75 Å². The summed E-state index contributed by atoms with van der Waals surface area (Å²) in [4.78, 5) is 11.8. The standard InChI is InChI=1S/C16H22N4O3/c1-4-12(5-2)17-15(21)18-16-20-19-14(23-16)10-11-6-8-13(22-3)9-7-11/h6-9,12H,4-5,10H2,1-3H3,(H2,17,18,20,21). The van der Waals surface area contributed by atoms with E-state index in [0.29, 0.717) is 12.3 Å². The molecule has 0 atom stereocenters. The normalized spacial score (nSPS) is 10.6. The van der Waals surface area contributed by atoms with Crippen molar-refractivity contribution >= 4 is 12.0 Å². The molecule has 23 heavy (non-hydrogen) atoms. The van der Waals surface area contributed by atoms with E-state index >= 15 is 0 Å². The van der Waals surface area contributed by atoms with Crippen molar-refractivity contribution in [2.75, 3.05) is 12.4 Å². The van der Waals surface area contributed by atoms with E-state index in [4.69, 9.17) is 9.15 Å². The number of amides is 2. The number of ether oxygens (including phenoxy) is 1. The summed E-state index contributed by atoms with van der Waals surface area (Å²) in [5.41, 5.74) is 1.02. The molecule has 0 spiro atoms. The molecule has 0 unspecified atom stereocenters. The van der Waals surface area contributed by atoms with E-state index in [-0.39, 0.29) is 18.1 Å². The van der Waals surface area contributed by atoms with Crippen LogP contribution in [-0.4, -0.2) is 29.4 Å². The van der Waals surface area contributed by atoms with E-state index in [1.165, 1.54) is 0 Å². The fraction of sp³-hybridized carbons (Fsp3) is 0.438. The molecule has 2 aromatic rings. The fourth-order valence-electron chi connectivity index (χ4n) is 2.10. The number of hydrogen-bond acceptors (Lipinski definition) is 5. The molecule has 124 valence electrons. The summed E-state index contributed by atoms with van der Waals surface area (Å²) in [6.45, 7) is 4.04. The number of nitrogens with zero attached hydrogens (tertiary/aromatic N) is 2. The average Bonchev–Trinajstić information content (AvgIpc) is 3.00. The maximum atomic E-state index is 11.8. The molecule has 0 aliphatic heterocycles. The minimum atomic E-state index is -0.335. The summed E-state index contributed by atoms with van der Waals surface area (Å²) < 4.78 is 10.5. The van der Waals surface area contributed by atoms with Gasteiger partial charge in [-0.2, -0.15) is 0 Å². The number of anilines is 1. The second kappa shape index (κ2) is 8.17. The van der Waals surface area contributed by atoms with Crippen LogP contribution in [0.5, 0.6) is 5.75 Å². The maximum absolute atomic E-state index is 11.8. The minimum absolute atomic E-state index is 0.0944. The summed E-state index contributed by atoms with van der Waals surface area (Å²) in [6, 6.07) is 7.49. The molecule has 2 amide bonds. The number of aromatic nitrogens is 2. The van der Waals surface area contributed by atoms with Gasteiger partial charge in [0.2, 0.25) is 5.89 Å². The molecule has 2 rings (SSSR count). The van der Waals surface area contributed by atoms with Gasteiger partial charge in [0.15, 0.2) is 0 Å². The molecule has 1 aromatic carbocycles. The predicted molar refractivity (Wildman–Crippen MR) is 86.6 cm³/mol. The Morgan fingerprint density at radius 2 is 1.91 bits per heavy atom. The lowest BCUT2D eigenvalue weighted by atomic mass is 10.1. The predicted octanol–water partition coefficient (Wildman–Crippen LogP) is 2.98. The number of nitrogens with one attached hydrogen (secondary N) is 2. The van der Waals surface area contributed by atoms with E-state index in [0.717, 1.165) is 24.2 Å². The number of carbonyl (C=O) groups excluding carboxylic acids is 1. The second-order valence-electron chi connectivity index (χ2n) is 5.14. The van der Waals surface area contributed by atoms with Crippen LogP contribution in [0.1, 0.15) is 38.1 Å². The van der Waals surface area contributed by atoms with Crippen LogP contribution in [0.2, 0.25) is 0 Å². The van der Waals surface area contributed by atoms with Gasteiger partial charge in [-0.15, -0.1) is 5.10 Å². The lowest BCUT2D eigenvalue weighted by Crippen LogP contribution is -2.37. The van der Waals surface area contributed by atoms with Crippen molar-refractivity contribution in [3.8, 4) is 5.75 Å². The quantitative estimate of drug-likeness (QED) is 0.819. The molecule has 0 saturated heterocycles. The zero-order valence-corrected chi connectivity index (χ0v) is 13.6. The SMILES string of the molecule is CCC(CC)NC(=O)Nc1nnc(Cc2ccc(OC)cc2)o1. The van der Waals surface area contributed by atoms with Gasteiger partial charge in [-0.25, -0.2) is 4.79 Å². The smallest absolute Gasteiger partial charge is 0.323 e. The third kappa shape index (κ3) is 4.98. The van der Waals surface area contributed by atoms with Gasteiger partial charge >= 0.3 is 12.0 Å². The van der Waals surface area contributed by atoms with Gasteiger partial charge in [-0.1, -0.05) is 31.1 Å². The second-order valence-corrected chi connectivity index (χ2v) is 5.14. The Labute approximate surface area is 135 Å². The monoisotopic (exact) mass is 318 g/mol. The maximum Gasteiger partial charge on any atom is 0.323 e. The van der Waals surface area contributed by atoms with Gasteiger partial charge < -0.3 is 14.5 Å². The number of hydrogen-bond donors (Lipinski definition) is 2. The van der Waals surface area contributed by atoms with E-state index in [1.807, 2.05) is 38.1 Å². The topological polar surface area (TPSA) is 89.3 Å². The first kappa shape index (κ1) is 16.8. The fourth-order valence-corrected chi connectivity index (χ4v) is 2.10. The average molecular weight is 318 g/mol. The number of rotatable bonds is 7. The third-order valence-corrected chi connectivity index (χ3v) is 3.52. The molecule has 1 aromatic heterocycles. The van der Waals surface area contributed by atoms with Crippen LogP contribution < -0.4 is 15.4 Å². The van der Waals surface area contributed by atoms with Gasteiger partial charge in [-0.3, -0.25) is 5.32 Å². The number of benzene rings is 1. The first-order valence-corrected chi connectivity index (χ1v) is 7.67. The Kier molecular flexibility index (Phi) is 5.96. The van der Waals surface area contributed by atoms with Crippen LogP contribution in [0.3, 0.4) is 0 Å². The van der Waals surface area contributed by atoms with Gasteiger partial charge in [-0.05, 0) is 30.5 Å². The molecule has 0 saturated carbocycles. The van der Waals surface area contributed by atoms with E-state index in [2.05, 4.69) is 20.8 Å². The molecule has 0 fully saturated rings. The van der Waals surface area contributed by atoms with Crippen molar-refractivity contribution in [3.05, 3.63) is 35.7 Å². The van der Waals surface area contributed by atoms with Crippen LogP contribution >= 0.6 is 0 Å². The highest BCUT2D eigenvalue weighted by molar-refractivity contribution is 5.87. The van der Waals surface area contributed by atoms with E-state index in [1.54, 1.807) is 7.11 Å². The summed E-state index contributed by atoms with van der Waals surface area (Å²) in [5, 5.41) is 13.2.